The quantitative estimate of drug-likeness (QED) is 0.872. The average molecular weight is 279 g/mol. The number of hydrogen-bond donors (Lipinski definition) is 1. The van der Waals surface area contributed by atoms with Crippen molar-refractivity contribution in [3.63, 3.8) is 0 Å². The van der Waals surface area contributed by atoms with Crippen LogP contribution in [0.1, 0.15) is 25.3 Å². The maximum Gasteiger partial charge on any atom is 0.316 e. The molecule has 110 valence electrons. The Morgan fingerprint density at radius 1 is 1.35 bits per heavy atom. The Hall–Kier alpha value is -1.24. The summed E-state index contributed by atoms with van der Waals surface area (Å²) in [7, 11) is 2.10. The number of morpholine rings is 1. The lowest BCUT2D eigenvalue weighted by Gasteiger charge is -2.50. The second-order valence-corrected chi connectivity index (χ2v) is 5.64. The minimum atomic E-state index is -0.865. The summed E-state index contributed by atoms with van der Waals surface area (Å²) in [5.41, 5.74) is -0.0953. The van der Waals surface area contributed by atoms with Crippen molar-refractivity contribution in [3.05, 3.63) is 18.0 Å². The SMILES string of the molecule is CCOc1ncc(C2(O)CC3COCC(C2)N3C)cn1. The third kappa shape index (κ3) is 2.39. The van der Waals surface area contributed by atoms with Gasteiger partial charge in [-0.3, -0.25) is 4.90 Å². The summed E-state index contributed by atoms with van der Waals surface area (Å²) < 4.78 is 10.8. The fourth-order valence-electron chi connectivity index (χ4n) is 3.14. The first-order chi connectivity index (χ1) is 9.62. The highest BCUT2D eigenvalue weighted by molar-refractivity contribution is 5.20. The molecule has 0 saturated carbocycles. The molecule has 2 saturated heterocycles. The van der Waals surface area contributed by atoms with Crippen LogP contribution in [0.2, 0.25) is 0 Å². The predicted molar refractivity (Wildman–Crippen MR) is 72.5 cm³/mol. The van der Waals surface area contributed by atoms with Gasteiger partial charge in [0, 0.05) is 30.0 Å². The number of fused-ring (bicyclic) bond motifs is 2. The van der Waals surface area contributed by atoms with Crippen molar-refractivity contribution in [2.24, 2.45) is 0 Å². The van der Waals surface area contributed by atoms with Crippen molar-refractivity contribution >= 4 is 0 Å². The summed E-state index contributed by atoms with van der Waals surface area (Å²) in [5, 5.41) is 11.0. The zero-order valence-corrected chi connectivity index (χ0v) is 12.0. The number of nitrogens with zero attached hydrogens (tertiary/aromatic N) is 3. The maximum absolute atomic E-state index is 11.0. The molecule has 3 heterocycles. The number of rotatable bonds is 3. The first-order valence-corrected chi connectivity index (χ1v) is 7.10. The summed E-state index contributed by atoms with van der Waals surface area (Å²) in [5.74, 6) is 0. The number of aromatic nitrogens is 2. The molecule has 6 heteroatoms. The van der Waals surface area contributed by atoms with E-state index >= 15 is 0 Å². The van der Waals surface area contributed by atoms with E-state index in [1.165, 1.54) is 0 Å². The highest BCUT2D eigenvalue weighted by Crippen LogP contribution is 2.39. The Balaban J connectivity index is 1.81. The third-order valence-corrected chi connectivity index (χ3v) is 4.36. The maximum atomic E-state index is 11.0. The smallest absolute Gasteiger partial charge is 0.316 e. The normalized spacial score (nSPS) is 34.0. The van der Waals surface area contributed by atoms with Crippen LogP contribution in [0.4, 0.5) is 0 Å². The van der Waals surface area contributed by atoms with Gasteiger partial charge in [-0.1, -0.05) is 0 Å². The molecular formula is C14H21N3O3. The van der Waals surface area contributed by atoms with Gasteiger partial charge in [0.2, 0.25) is 0 Å². The topological polar surface area (TPSA) is 67.7 Å². The van der Waals surface area contributed by atoms with Crippen LogP contribution >= 0.6 is 0 Å². The monoisotopic (exact) mass is 279 g/mol. The van der Waals surface area contributed by atoms with E-state index in [2.05, 4.69) is 21.9 Å². The fourth-order valence-corrected chi connectivity index (χ4v) is 3.14. The summed E-state index contributed by atoms with van der Waals surface area (Å²) in [6.45, 7) is 3.78. The molecule has 2 fully saturated rings. The Kier molecular flexibility index (Phi) is 3.62. The average Bonchev–Trinajstić information content (AvgIpc) is 2.42. The van der Waals surface area contributed by atoms with Crippen LogP contribution in [0.25, 0.3) is 0 Å². The Labute approximate surface area is 118 Å². The molecule has 2 aliphatic heterocycles. The predicted octanol–water partition coefficient (Wildman–Crippen LogP) is 0.556. The van der Waals surface area contributed by atoms with E-state index in [0.717, 1.165) is 5.56 Å². The van der Waals surface area contributed by atoms with E-state index in [0.29, 0.717) is 38.7 Å². The van der Waals surface area contributed by atoms with E-state index in [1.54, 1.807) is 12.4 Å². The first-order valence-electron chi connectivity index (χ1n) is 7.10. The molecule has 0 spiro atoms. The van der Waals surface area contributed by atoms with Gasteiger partial charge in [-0.2, -0.15) is 0 Å². The van der Waals surface area contributed by atoms with Crippen molar-refractivity contribution in [1.29, 1.82) is 0 Å². The minimum Gasteiger partial charge on any atom is -0.464 e. The van der Waals surface area contributed by atoms with E-state index in [-0.39, 0.29) is 12.1 Å². The fraction of sp³-hybridized carbons (Fsp3) is 0.714. The molecule has 2 bridgehead atoms. The van der Waals surface area contributed by atoms with Crippen molar-refractivity contribution in [3.8, 4) is 6.01 Å². The molecule has 0 aliphatic carbocycles. The van der Waals surface area contributed by atoms with Gasteiger partial charge in [0.1, 0.15) is 0 Å². The molecule has 20 heavy (non-hydrogen) atoms. The van der Waals surface area contributed by atoms with Crippen LogP contribution in [0, 0.1) is 0 Å². The zero-order chi connectivity index (χ0) is 14.2. The van der Waals surface area contributed by atoms with Crippen molar-refractivity contribution in [2.45, 2.75) is 37.5 Å². The van der Waals surface area contributed by atoms with Crippen molar-refractivity contribution in [1.82, 2.24) is 14.9 Å². The molecule has 0 amide bonds. The van der Waals surface area contributed by atoms with E-state index < -0.39 is 5.60 Å². The summed E-state index contributed by atoms with van der Waals surface area (Å²) in [4.78, 5) is 10.6. The Morgan fingerprint density at radius 2 is 1.95 bits per heavy atom. The number of aliphatic hydroxyl groups is 1. The van der Waals surface area contributed by atoms with Gasteiger partial charge in [-0.15, -0.1) is 0 Å². The molecule has 2 aliphatic rings. The second kappa shape index (κ2) is 5.27. The standard InChI is InChI=1S/C14H21N3O3/c1-3-20-13-15-6-10(7-16-13)14(18)4-11-8-19-9-12(5-14)17(11)2/h6-7,11-12,18H,3-5,8-9H2,1-2H3. The molecule has 1 N–H and O–H groups in total. The number of likely N-dealkylation sites (N-methyl/N-ethyl adjacent to an activating group) is 1. The third-order valence-electron chi connectivity index (χ3n) is 4.36. The summed E-state index contributed by atoms with van der Waals surface area (Å²) in [6.07, 6.45) is 4.66. The van der Waals surface area contributed by atoms with Crippen molar-refractivity contribution in [2.75, 3.05) is 26.9 Å². The van der Waals surface area contributed by atoms with Crippen LogP contribution in [-0.2, 0) is 10.3 Å². The molecule has 1 aromatic heterocycles. The lowest BCUT2D eigenvalue weighted by Crippen LogP contribution is -2.59. The van der Waals surface area contributed by atoms with Gasteiger partial charge in [-0.05, 0) is 26.8 Å². The highest BCUT2D eigenvalue weighted by Gasteiger charge is 2.45. The van der Waals surface area contributed by atoms with E-state index in [9.17, 15) is 5.11 Å². The molecular weight excluding hydrogens is 258 g/mol. The van der Waals surface area contributed by atoms with Gasteiger partial charge < -0.3 is 14.6 Å². The van der Waals surface area contributed by atoms with Gasteiger partial charge in [0.15, 0.2) is 0 Å². The molecule has 0 aromatic carbocycles. The van der Waals surface area contributed by atoms with Crippen LogP contribution < -0.4 is 4.74 Å². The van der Waals surface area contributed by atoms with E-state index in [4.69, 9.17) is 9.47 Å². The van der Waals surface area contributed by atoms with Crippen LogP contribution in [0.3, 0.4) is 0 Å². The second-order valence-electron chi connectivity index (χ2n) is 5.64. The van der Waals surface area contributed by atoms with E-state index in [1.807, 2.05) is 6.92 Å². The molecule has 1 aromatic rings. The van der Waals surface area contributed by atoms with Crippen LogP contribution in [0.5, 0.6) is 6.01 Å². The Morgan fingerprint density at radius 3 is 2.50 bits per heavy atom. The van der Waals surface area contributed by atoms with Crippen LogP contribution in [-0.4, -0.2) is 58.9 Å². The molecule has 2 unspecified atom stereocenters. The first kappa shape index (κ1) is 13.7. The molecule has 2 atom stereocenters. The van der Waals surface area contributed by atoms with Crippen LogP contribution in [0.15, 0.2) is 12.4 Å². The lowest BCUT2D eigenvalue weighted by molar-refractivity contribution is -0.138. The highest BCUT2D eigenvalue weighted by atomic mass is 16.5. The molecule has 3 rings (SSSR count). The number of ether oxygens (including phenoxy) is 2. The van der Waals surface area contributed by atoms with Gasteiger partial charge >= 0.3 is 6.01 Å². The number of piperidine rings is 1. The van der Waals surface area contributed by atoms with Gasteiger partial charge in [-0.25, -0.2) is 9.97 Å². The number of hydrogen-bond acceptors (Lipinski definition) is 6. The minimum absolute atomic E-state index is 0.249. The molecule has 0 radical (unpaired) electrons. The largest absolute Gasteiger partial charge is 0.464 e. The Bertz CT molecular complexity index is 451. The summed E-state index contributed by atoms with van der Waals surface area (Å²) in [6, 6.07) is 0.856. The van der Waals surface area contributed by atoms with Gasteiger partial charge in [0.25, 0.3) is 0 Å². The van der Waals surface area contributed by atoms with Crippen molar-refractivity contribution < 1.29 is 14.6 Å². The lowest BCUT2D eigenvalue weighted by atomic mass is 9.78. The molecule has 6 nitrogen and oxygen atoms in total. The summed E-state index contributed by atoms with van der Waals surface area (Å²) >= 11 is 0. The zero-order valence-electron chi connectivity index (χ0n) is 12.0. The van der Waals surface area contributed by atoms with Gasteiger partial charge in [0.05, 0.1) is 25.4 Å².